The number of furan rings is 1. The fourth-order valence-electron chi connectivity index (χ4n) is 2.90. The molecule has 1 fully saturated rings. The monoisotopic (exact) mass is 350 g/mol. The van der Waals surface area contributed by atoms with Gasteiger partial charge in [0.2, 0.25) is 10.0 Å². The van der Waals surface area contributed by atoms with Gasteiger partial charge in [-0.3, -0.25) is 0 Å². The van der Waals surface area contributed by atoms with Crippen molar-refractivity contribution in [2.75, 3.05) is 13.1 Å². The first-order valence-electron chi connectivity index (χ1n) is 7.79. The maximum absolute atomic E-state index is 12.2. The molecule has 0 aliphatic heterocycles. The Labute approximate surface area is 139 Å². The largest absolute Gasteiger partial charge is 0.465 e. The van der Waals surface area contributed by atoms with Gasteiger partial charge in [0.05, 0.1) is 0 Å². The highest BCUT2D eigenvalue weighted by Gasteiger charge is 2.20. The predicted molar refractivity (Wildman–Crippen MR) is 90.1 cm³/mol. The van der Waals surface area contributed by atoms with Gasteiger partial charge in [0, 0.05) is 19.1 Å². The average molecular weight is 351 g/mol. The molecule has 0 spiro atoms. The smallest absolute Gasteiger partial charge is 0.244 e. The van der Waals surface area contributed by atoms with Gasteiger partial charge in [0.15, 0.2) is 0 Å². The van der Waals surface area contributed by atoms with Gasteiger partial charge in [-0.25, -0.2) is 13.1 Å². The molecule has 0 amide bonds. The van der Waals surface area contributed by atoms with Crippen LogP contribution >= 0.6 is 12.4 Å². The molecule has 0 radical (unpaired) electrons. The van der Waals surface area contributed by atoms with Crippen LogP contribution in [0.15, 0.2) is 15.4 Å². The van der Waals surface area contributed by atoms with Crippen molar-refractivity contribution in [2.45, 2.75) is 63.3 Å². The first-order chi connectivity index (χ1) is 9.99. The van der Waals surface area contributed by atoms with Crippen molar-refractivity contribution < 1.29 is 12.8 Å². The van der Waals surface area contributed by atoms with Gasteiger partial charge < -0.3 is 9.73 Å². The van der Waals surface area contributed by atoms with Gasteiger partial charge in [0.25, 0.3) is 0 Å². The molecule has 22 heavy (non-hydrogen) atoms. The summed E-state index contributed by atoms with van der Waals surface area (Å²) < 4.78 is 32.3. The van der Waals surface area contributed by atoms with Crippen molar-refractivity contribution in [1.29, 1.82) is 0 Å². The minimum atomic E-state index is -3.46. The van der Waals surface area contributed by atoms with E-state index in [1.807, 2.05) is 0 Å². The van der Waals surface area contributed by atoms with E-state index in [9.17, 15) is 8.42 Å². The van der Waals surface area contributed by atoms with Crippen molar-refractivity contribution >= 4 is 22.4 Å². The van der Waals surface area contributed by atoms with Crippen LogP contribution in [0.3, 0.4) is 0 Å². The molecule has 2 N–H and O–H groups in total. The number of hydrogen-bond acceptors (Lipinski definition) is 4. The Morgan fingerprint density at radius 2 is 1.77 bits per heavy atom. The molecule has 0 unspecified atom stereocenters. The van der Waals surface area contributed by atoms with E-state index in [0.717, 1.165) is 0 Å². The lowest BCUT2D eigenvalue weighted by molar-refractivity contribution is 0.461. The summed E-state index contributed by atoms with van der Waals surface area (Å²) in [5.74, 6) is 1.06. The molecule has 0 saturated heterocycles. The molecule has 1 aromatic rings. The van der Waals surface area contributed by atoms with Gasteiger partial charge in [-0.05, 0) is 32.8 Å². The Morgan fingerprint density at radius 3 is 2.32 bits per heavy atom. The van der Waals surface area contributed by atoms with Crippen LogP contribution in [0.1, 0.15) is 50.0 Å². The predicted octanol–water partition coefficient (Wildman–Crippen LogP) is 2.91. The second kappa shape index (κ2) is 8.91. The maximum Gasteiger partial charge on any atom is 0.244 e. The van der Waals surface area contributed by atoms with E-state index in [1.54, 1.807) is 19.9 Å². The highest BCUT2D eigenvalue weighted by atomic mass is 35.5. The van der Waals surface area contributed by atoms with Gasteiger partial charge in [-0.2, -0.15) is 0 Å². The standard InChI is InChI=1S/C15H26N2O3S.ClH/c1-12-11-15(13(2)20-12)21(18,19)17-10-9-16-14-7-5-3-4-6-8-14;/h11,14,16-17H,3-10H2,1-2H3;1H. The van der Waals surface area contributed by atoms with Crippen molar-refractivity contribution in [2.24, 2.45) is 0 Å². The molecule has 1 heterocycles. The number of sulfonamides is 1. The van der Waals surface area contributed by atoms with E-state index in [2.05, 4.69) is 10.0 Å². The number of rotatable bonds is 6. The van der Waals surface area contributed by atoms with Crippen LogP contribution in [0.5, 0.6) is 0 Å². The van der Waals surface area contributed by atoms with Crippen LogP contribution in [0.4, 0.5) is 0 Å². The fourth-order valence-corrected chi connectivity index (χ4v) is 4.16. The minimum absolute atomic E-state index is 0. The molecule has 1 aromatic heterocycles. The van der Waals surface area contributed by atoms with Crippen LogP contribution in [0.2, 0.25) is 0 Å². The molecule has 0 aromatic carbocycles. The first-order valence-corrected chi connectivity index (χ1v) is 9.27. The lowest BCUT2D eigenvalue weighted by Crippen LogP contribution is -2.36. The van der Waals surface area contributed by atoms with Crippen molar-refractivity contribution in [3.8, 4) is 0 Å². The maximum atomic E-state index is 12.2. The highest BCUT2D eigenvalue weighted by Crippen LogP contribution is 2.19. The number of halogens is 1. The van der Waals surface area contributed by atoms with Crippen molar-refractivity contribution in [3.05, 3.63) is 17.6 Å². The molecule has 1 aliphatic rings. The van der Waals surface area contributed by atoms with E-state index in [0.29, 0.717) is 30.7 Å². The second-order valence-corrected chi connectivity index (χ2v) is 7.55. The summed E-state index contributed by atoms with van der Waals surface area (Å²) >= 11 is 0. The SMILES string of the molecule is Cc1cc(S(=O)(=O)NCCNC2CCCCCC2)c(C)o1.Cl. The van der Waals surface area contributed by atoms with Gasteiger partial charge in [-0.15, -0.1) is 12.4 Å². The Kier molecular flexibility index (Phi) is 7.89. The van der Waals surface area contributed by atoms with E-state index >= 15 is 0 Å². The molecule has 128 valence electrons. The number of nitrogens with one attached hydrogen (secondary N) is 2. The molecule has 0 atom stereocenters. The Hall–Kier alpha value is -0.560. The molecular formula is C15H27ClN2O3S. The van der Waals surface area contributed by atoms with Crippen LogP contribution in [0.25, 0.3) is 0 Å². The topological polar surface area (TPSA) is 71.3 Å². The summed E-state index contributed by atoms with van der Waals surface area (Å²) in [6, 6.07) is 2.10. The van der Waals surface area contributed by atoms with E-state index < -0.39 is 10.0 Å². The molecule has 1 aliphatic carbocycles. The molecule has 0 bridgehead atoms. The first kappa shape index (κ1) is 19.5. The third-order valence-corrected chi connectivity index (χ3v) is 5.56. The minimum Gasteiger partial charge on any atom is -0.465 e. The zero-order valence-electron chi connectivity index (χ0n) is 13.4. The van der Waals surface area contributed by atoms with Crippen LogP contribution < -0.4 is 10.0 Å². The Bertz CT molecular complexity index is 549. The van der Waals surface area contributed by atoms with Gasteiger partial charge >= 0.3 is 0 Å². The van der Waals surface area contributed by atoms with E-state index in [-0.39, 0.29) is 17.3 Å². The lowest BCUT2D eigenvalue weighted by Gasteiger charge is -2.16. The number of aryl methyl sites for hydroxylation is 2. The Balaban J connectivity index is 0.00000242. The molecule has 1 saturated carbocycles. The third-order valence-electron chi connectivity index (χ3n) is 3.99. The summed E-state index contributed by atoms with van der Waals surface area (Å²) in [4.78, 5) is 0.245. The molecule has 7 heteroatoms. The van der Waals surface area contributed by atoms with Crippen LogP contribution in [-0.4, -0.2) is 27.5 Å². The number of hydrogen-bond donors (Lipinski definition) is 2. The zero-order valence-corrected chi connectivity index (χ0v) is 15.0. The summed E-state index contributed by atoms with van der Waals surface area (Å²) in [6.07, 6.45) is 7.60. The molecular weight excluding hydrogens is 324 g/mol. The molecule has 2 rings (SSSR count). The summed E-state index contributed by atoms with van der Waals surface area (Å²) in [7, 11) is -3.46. The fraction of sp³-hybridized carbons (Fsp3) is 0.733. The summed E-state index contributed by atoms with van der Waals surface area (Å²) in [5, 5.41) is 3.46. The van der Waals surface area contributed by atoms with Crippen molar-refractivity contribution in [3.63, 3.8) is 0 Å². The summed E-state index contributed by atoms with van der Waals surface area (Å²) in [5.41, 5.74) is 0. The lowest BCUT2D eigenvalue weighted by atomic mass is 10.1. The van der Waals surface area contributed by atoms with Crippen molar-refractivity contribution in [1.82, 2.24) is 10.0 Å². The van der Waals surface area contributed by atoms with Crippen LogP contribution in [-0.2, 0) is 10.0 Å². The highest BCUT2D eigenvalue weighted by molar-refractivity contribution is 7.89. The Morgan fingerprint density at radius 1 is 1.14 bits per heavy atom. The second-order valence-electron chi connectivity index (χ2n) is 5.82. The average Bonchev–Trinajstić information content (AvgIpc) is 2.65. The quantitative estimate of drug-likeness (QED) is 0.611. The zero-order chi connectivity index (χ0) is 15.3. The summed E-state index contributed by atoms with van der Waals surface area (Å²) in [6.45, 7) is 4.49. The molecule has 5 nitrogen and oxygen atoms in total. The third kappa shape index (κ3) is 5.57. The normalized spacial score (nSPS) is 17.0. The van der Waals surface area contributed by atoms with E-state index in [1.165, 1.54) is 38.5 Å². The van der Waals surface area contributed by atoms with Gasteiger partial charge in [0.1, 0.15) is 16.4 Å². The van der Waals surface area contributed by atoms with Crippen LogP contribution in [0, 0.1) is 13.8 Å². The van der Waals surface area contributed by atoms with Gasteiger partial charge in [-0.1, -0.05) is 25.7 Å². The van der Waals surface area contributed by atoms with E-state index in [4.69, 9.17) is 4.42 Å².